The van der Waals surface area contributed by atoms with Crippen LogP contribution in [0, 0.1) is 5.82 Å². The predicted octanol–water partition coefficient (Wildman–Crippen LogP) is 2.28. The number of halogens is 1. The summed E-state index contributed by atoms with van der Waals surface area (Å²) in [4.78, 5) is 12.1. The van der Waals surface area contributed by atoms with Gasteiger partial charge in [0.1, 0.15) is 11.4 Å². The number of amides is 1. The van der Waals surface area contributed by atoms with Gasteiger partial charge in [0.15, 0.2) is 0 Å². The SMILES string of the molecule is O=C(NCC1(c2ccc(F)cc2)CC1)C1(O)CCCC1. The first kappa shape index (κ1) is 13.6. The molecule has 0 saturated heterocycles. The Morgan fingerprint density at radius 2 is 1.75 bits per heavy atom. The van der Waals surface area contributed by atoms with Gasteiger partial charge in [-0.15, -0.1) is 0 Å². The molecule has 0 aromatic heterocycles. The van der Waals surface area contributed by atoms with Crippen LogP contribution >= 0.6 is 0 Å². The Labute approximate surface area is 118 Å². The average molecular weight is 277 g/mol. The number of hydrogen-bond donors (Lipinski definition) is 2. The van der Waals surface area contributed by atoms with Gasteiger partial charge in [-0.1, -0.05) is 12.1 Å². The molecule has 0 heterocycles. The van der Waals surface area contributed by atoms with Crippen molar-refractivity contribution in [3.05, 3.63) is 35.6 Å². The van der Waals surface area contributed by atoms with Crippen LogP contribution in [0.4, 0.5) is 4.39 Å². The Morgan fingerprint density at radius 3 is 2.30 bits per heavy atom. The summed E-state index contributed by atoms with van der Waals surface area (Å²) in [5, 5.41) is 13.1. The van der Waals surface area contributed by atoms with Crippen LogP contribution < -0.4 is 5.32 Å². The fraction of sp³-hybridized carbons (Fsp3) is 0.562. The molecule has 0 aliphatic heterocycles. The minimum Gasteiger partial charge on any atom is -0.380 e. The number of carbonyl (C=O) groups excluding carboxylic acids is 1. The van der Waals surface area contributed by atoms with Gasteiger partial charge in [-0.2, -0.15) is 0 Å². The minimum absolute atomic E-state index is 0.0572. The van der Waals surface area contributed by atoms with E-state index in [1.807, 2.05) is 0 Å². The van der Waals surface area contributed by atoms with E-state index < -0.39 is 5.60 Å². The molecule has 4 heteroatoms. The molecule has 1 aromatic rings. The molecule has 2 N–H and O–H groups in total. The zero-order valence-corrected chi connectivity index (χ0v) is 11.5. The molecular weight excluding hydrogens is 257 g/mol. The zero-order chi connectivity index (χ0) is 14.2. The van der Waals surface area contributed by atoms with Crippen LogP contribution in [-0.2, 0) is 10.2 Å². The summed E-state index contributed by atoms with van der Waals surface area (Å²) in [5.74, 6) is -0.489. The van der Waals surface area contributed by atoms with E-state index in [4.69, 9.17) is 0 Å². The van der Waals surface area contributed by atoms with Crippen LogP contribution in [-0.4, -0.2) is 23.2 Å². The Kier molecular flexibility index (Phi) is 3.28. The third-order valence-corrected chi connectivity index (χ3v) is 4.75. The third-order valence-electron chi connectivity index (χ3n) is 4.75. The molecule has 3 nitrogen and oxygen atoms in total. The van der Waals surface area contributed by atoms with E-state index in [-0.39, 0.29) is 17.1 Å². The lowest BCUT2D eigenvalue weighted by Gasteiger charge is -2.23. The fourth-order valence-corrected chi connectivity index (χ4v) is 3.12. The molecule has 0 radical (unpaired) electrons. The number of hydrogen-bond acceptors (Lipinski definition) is 2. The molecule has 2 fully saturated rings. The lowest BCUT2D eigenvalue weighted by molar-refractivity contribution is -0.139. The highest BCUT2D eigenvalue weighted by molar-refractivity contribution is 5.85. The van der Waals surface area contributed by atoms with Crippen molar-refractivity contribution in [2.75, 3.05) is 6.54 Å². The van der Waals surface area contributed by atoms with Crippen LogP contribution in [0.25, 0.3) is 0 Å². The summed E-state index contributed by atoms with van der Waals surface area (Å²) in [5.41, 5.74) is -0.158. The van der Waals surface area contributed by atoms with Crippen molar-refractivity contribution in [1.82, 2.24) is 5.32 Å². The molecule has 20 heavy (non-hydrogen) atoms. The smallest absolute Gasteiger partial charge is 0.251 e. The average Bonchev–Trinajstić information content (AvgIpc) is 3.11. The van der Waals surface area contributed by atoms with Gasteiger partial charge in [0.05, 0.1) is 0 Å². The summed E-state index contributed by atoms with van der Waals surface area (Å²) in [6, 6.07) is 6.50. The van der Waals surface area contributed by atoms with Crippen molar-refractivity contribution in [1.29, 1.82) is 0 Å². The highest BCUT2D eigenvalue weighted by Crippen LogP contribution is 2.47. The van der Waals surface area contributed by atoms with Gasteiger partial charge in [0.2, 0.25) is 0 Å². The maximum absolute atomic E-state index is 13.0. The number of rotatable bonds is 4. The molecule has 0 unspecified atom stereocenters. The van der Waals surface area contributed by atoms with Crippen LogP contribution in [0.3, 0.4) is 0 Å². The van der Waals surface area contributed by atoms with Gasteiger partial charge >= 0.3 is 0 Å². The highest BCUT2D eigenvalue weighted by Gasteiger charge is 2.46. The molecule has 1 amide bonds. The molecule has 0 atom stereocenters. The zero-order valence-electron chi connectivity index (χ0n) is 11.5. The van der Waals surface area contributed by atoms with Gasteiger partial charge < -0.3 is 10.4 Å². The van der Waals surface area contributed by atoms with E-state index in [0.717, 1.165) is 31.2 Å². The van der Waals surface area contributed by atoms with Gasteiger partial charge in [0, 0.05) is 12.0 Å². The number of nitrogens with one attached hydrogen (secondary N) is 1. The van der Waals surface area contributed by atoms with Gasteiger partial charge in [-0.05, 0) is 56.2 Å². The molecule has 0 spiro atoms. The van der Waals surface area contributed by atoms with Crippen molar-refractivity contribution in [3.63, 3.8) is 0 Å². The van der Waals surface area contributed by atoms with Crippen molar-refractivity contribution in [3.8, 4) is 0 Å². The third kappa shape index (κ3) is 2.44. The van der Waals surface area contributed by atoms with E-state index in [1.54, 1.807) is 12.1 Å². The Morgan fingerprint density at radius 1 is 1.15 bits per heavy atom. The normalized spacial score (nSPS) is 22.5. The monoisotopic (exact) mass is 277 g/mol. The molecular formula is C16H20FNO2. The molecule has 2 aliphatic carbocycles. The first-order chi connectivity index (χ1) is 9.54. The second-order valence-electron chi connectivity index (χ2n) is 6.21. The fourth-order valence-electron chi connectivity index (χ4n) is 3.12. The Hall–Kier alpha value is -1.42. The largest absolute Gasteiger partial charge is 0.380 e. The quantitative estimate of drug-likeness (QED) is 0.887. The first-order valence-electron chi connectivity index (χ1n) is 7.31. The molecule has 2 aliphatic rings. The van der Waals surface area contributed by atoms with E-state index in [0.29, 0.717) is 19.4 Å². The Balaban J connectivity index is 1.63. The van der Waals surface area contributed by atoms with Gasteiger partial charge in [-0.3, -0.25) is 4.79 Å². The molecule has 2 saturated carbocycles. The van der Waals surface area contributed by atoms with Crippen molar-refractivity contribution >= 4 is 5.91 Å². The van der Waals surface area contributed by atoms with Gasteiger partial charge in [-0.25, -0.2) is 4.39 Å². The highest BCUT2D eigenvalue weighted by atomic mass is 19.1. The standard InChI is InChI=1S/C16H20FNO2/c17-13-5-3-12(4-6-13)15(9-10-15)11-18-14(19)16(20)7-1-2-8-16/h3-6,20H,1-2,7-11H2,(H,18,19). The van der Waals surface area contributed by atoms with E-state index >= 15 is 0 Å². The van der Waals surface area contributed by atoms with Crippen molar-refractivity contribution in [2.45, 2.75) is 49.5 Å². The predicted molar refractivity (Wildman–Crippen MR) is 73.7 cm³/mol. The summed E-state index contributed by atoms with van der Waals surface area (Å²) >= 11 is 0. The van der Waals surface area contributed by atoms with E-state index in [1.165, 1.54) is 12.1 Å². The maximum atomic E-state index is 13.0. The van der Waals surface area contributed by atoms with Crippen LogP contribution in [0.15, 0.2) is 24.3 Å². The van der Waals surface area contributed by atoms with Crippen LogP contribution in [0.1, 0.15) is 44.1 Å². The Bertz CT molecular complexity index is 502. The van der Waals surface area contributed by atoms with Crippen LogP contribution in [0.2, 0.25) is 0 Å². The lowest BCUT2D eigenvalue weighted by atomic mass is 9.95. The first-order valence-corrected chi connectivity index (χ1v) is 7.31. The van der Waals surface area contributed by atoms with Gasteiger partial charge in [0.25, 0.3) is 5.91 Å². The minimum atomic E-state index is -1.17. The number of carbonyl (C=O) groups is 1. The number of aliphatic hydroxyl groups is 1. The number of benzene rings is 1. The van der Waals surface area contributed by atoms with Crippen molar-refractivity contribution < 1.29 is 14.3 Å². The maximum Gasteiger partial charge on any atom is 0.251 e. The van der Waals surface area contributed by atoms with Crippen LogP contribution in [0.5, 0.6) is 0 Å². The topological polar surface area (TPSA) is 49.3 Å². The summed E-state index contributed by atoms with van der Waals surface area (Å²) < 4.78 is 13.0. The summed E-state index contributed by atoms with van der Waals surface area (Å²) in [7, 11) is 0. The second kappa shape index (κ2) is 4.85. The molecule has 108 valence electrons. The lowest BCUT2D eigenvalue weighted by Crippen LogP contribution is -2.47. The molecule has 3 rings (SSSR count). The summed E-state index contributed by atoms with van der Waals surface area (Å²) in [6.07, 6.45) is 4.93. The second-order valence-corrected chi connectivity index (χ2v) is 6.21. The van der Waals surface area contributed by atoms with E-state index in [2.05, 4.69) is 5.32 Å². The molecule has 0 bridgehead atoms. The molecule has 1 aromatic carbocycles. The summed E-state index contributed by atoms with van der Waals surface area (Å²) in [6.45, 7) is 0.528. The van der Waals surface area contributed by atoms with Crippen molar-refractivity contribution in [2.24, 2.45) is 0 Å². The van der Waals surface area contributed by atoms with E-state index in [9.17, 15) is 14.3 Å².